The molecule has 2 rings (SSSR count). The maximum atomic E-state index is 5.56. The maximum Gasteiger partial charge on any atom is 0.243 e. The van der Waals surface area contributed by atoms with E-state index in [4.69, 9.17) is 4.74 Å². The van der Waals surface area contributed by atoms with Gasteiger partial charge in [0.15, 0.2) is 0 Å². The average molecular weight is 222 g/mol. The highest BCUT2D eigenvalue weighted by Crippen LogP contribution is 2.28. The van der Waals surface area contributed by atoms with E-state index in [0.29, 0.717) is 5.95 Å². The highest BCUT2D eigenvalue weighted by molar-refractivity contribution is 5.30. The molecular formula is C11H18N4O. The third-order valence-corrected chi connectivity index (χ3v) is 3.38. The van der Waals surface area contributed by atoms with Crippen LogP contribution in [0.2, 0.25) is 0 Å². The lowest BCUT2D eigenvalue weighted by Crippen LogP contribution is -2.41. The van der Waals surface area contributed by atoms with Crippen LogP contribution < -0.4 is 5.32 Å². The van der Waals surface area contributed by atoms with E-state index in [1.165, 1.54) is 0 Å². The Balaban J connectivity index is 2.17. The van der Waals surface area contributed by atoms with Crippen LogP contribution in [0.25, 0.3) is 0 Å². The largest absolute Gasteiger partial charge is 0.376 e. The van der Waals surface area contributed by atoms with Gasteiger partial charge in [0.1, 0.15) is 0 Å². The fourth-order valence-corrected chi connectivity index (χ4v) is 1.76. The molecule has 0 amide bonds. The van der Waals surface area contributed by atoms with Crippen molar-refractivity contribution in [2.24, 2.45) is 0 Å². The van der Waals surface area contributed by atoms with Crippen molar-refractivity contribution in [3.05, 3.63) is 11.4 Å². The van der Waals surface area contributed by atoms with Crippen LogP contribution in [0.3, 0.4) is 0 Å². The highest BCUT2D eigenvalue weighted by Gasteiger charge is 2.37. The SMILES string of the molecule is Cc1nnc(NC2(C)CCOC2C)nc1C. The first-order valence-electron chi connectivity index (χ1n) is 5.59. The number of rotatable bonds is 2. The van der Waals surface area contributed by atoms with Crippen molar-refractivity contribution in [1.82, 2.24) is 15.2 Å². The number of ether oxygens (including phenoxy) is 1. The second-order valence-corrected chi connectivity index (χ2v) is 4.61. The first-order chi connectivity index (χ1) is 7.51. The van der Waals surface area contributed by atoms with E-state index in [-0.39, 0.29) is 11.6 Å². The van der Waals surface area contributed by atoms with Crippen LogP contribution in [-0.4, -0.2) is 33.4 Å². The number of anilines is 1. The number of nitrogens with one attached hydrogen (secondary N) is 1. The first-order valence-corrected chi connectivity index (χ1v) is 5.59. The molecule has 16 heavy (non-hydrogen) atoms. The Morgan fingerprint density at radius 2 is 2.06 bits per heavy atom. The van der Waals surface area contributed by atoms with Gasteiger partial charge in [-0.1, -0.05) is 0 Å². The number of aromatic nitrogens is 3. The van der Waals surface area contributed by atoms with Crippen LogP contribution in [0, 0.1) is 13.8 Å². The molecule has 0 aliphatic carbocycles. The maximum absolute atomic E-state index is 5.56. The van der Waals surface area contributed by atoms with E-state index >= 15 is 0 Å². The summed E-state index contributed by atoms with van der Waals surface area (Å²) in [6, 6.07) is 0. The third-order valence-electron chi connectivity index (χ3n) is 3.38. The lowest BCUT2D eigenvalue weighted by molar-refractivity contribution is 0.105. The second-order valence-electron chi connectivity index (χ2n) is 4.61. The standard InChI is InChI=1S/C11H18N4O/c1-7-8(2)14-15-10(12-7)13-11(4)5-6-16-9(11)3/h9H,5-6H2,1-4H3,(H,12,13,15). The molecular weight excluding hydrogens is 204 g/mol. The van der Waals surface area contributed by atoms with Gasteiger partial charge in [0, 0.05) is 6.61 Å². The summed E-state index contributed by atoms with van der Waals surface area (Å²) in [6.07, 6.45) is 1.13. The molecule has 0 radical (unpaired) electrons. The number of hydrogen-bond donors (Lipinski definition) is 1. The van der Waals surface area contributed by atoms with E-state index in [0.717, 1.165) is 24.4 Å². The van der Waals surface area contributed by atoms with Gasteiger partial charge in [0.25, 0.3) is 0 Å². The van der Waals surface area contributed by atoms with Gasteiger partial charge < -0.3 is 10.1 Å². The van der Waals surface area contributed by atoms with Gasteiger partial charge >= 0.3 is 0 Å². The molecule has 1 fully saturated rings. The third kappa shape index (κ3) is 2.00. The molecule has 5 nitrogen and oxygen atoms in total. The van der Waals surface area contributed by atoms with E-state index in [9.17, 15) is 0 Å². The minimum Gasteiger partial charge on any atom is -0.376 e. The van der Waals surface area contributed by atoms with Crippen molar-refractivity contribution in [2.45, 2.75) is 45.8 Å². The van der Waals surface area contributed by atoms with Crippen LogP contribution in [0.5, 0.6) is 0 Å². The monoisotopic (exact) mass is 222 g/mol. The van der Waals surface area contributed by atoms with Gasteiger partial charge in [-0.25, -0.2) is 4.98 Å². The summed E-state index contributed by atoms with van der Waals surface area (Å²) in [5, 5.41) is 11.4. The van der Waals surface area contributed by atoms with Gasteiger partial charge in [-0.3, -0.25) is 0 Å². The van der Waals surface area contributed by atoms with Gasteiger partial charge in [-0.05, 0) is 34.1 Å². The summed E-state index contributed by atoms with van der Waals surface area (Å²) in [7, 11) is 0. The fraction of sp³-hybridized carbons (Fsp3) is 0.727. The zero-order chi connectivity index (χ0) is 11.8. The van der Waals surface area contributed by atoms with E-state index in [1.54, 1.807) is 0 Å². The molecule has 2 atom stereocenters. The van der Waals surface area contributed by atoms with E-state index in [2.05, 4.69) is 34.3 Å². The van der Waals surface area contributed by atoms with Crippen molar-refractivity contribution in [1.29, 1.82) is 0 Å². The van der Waals surface area contributed by atoms with Crippen molar-refractivity contribution in [3.8, 4) is 0 Å². The number of hydrogen-bond acceptors (Lipinski definition) is 5. The Morgan fingerprint density at radius 3 is 2.62 bits per heavy atom. The minimum absolute atomic E-state index is 0.0939. The van der Waals surface area contributed by atoms with Crippen LogP contribution in [0.4, 0.5) is 5.95 Å². The van der Waals surface area contributed by atoms with Crippen LogP contribution in [-0.2, 0) is 4.74 Å². The summed E-state index contributed by atoms with van der Waals surface area (Å²) < 4.78 is 5.56. The molecule has 1 aromatic heterocycles. The Labute approximate surface area is 95.6 Å². The van der Waals surface area contributed by atoms with Crippen molar-refractivity contribution < 1.29 is 4.74 Å². The summed E-state index contributed by atoms with van der Waals surface area (Å²) in [4.78, 5) is 4.38. The summed E-state index contributed by atoms with van der Waals surface area (Å²) in [5.74, 6) is 0.586. The van der Waals surface area contributed by atoms with Crippen LogP contribution in [0.15, 0.2) is 0 Å². The van der Waals surface area contributed by atoms with Crippen molar-refractivity contribution >= 4 is 5.95 Å². The van der Waals surface area contributed by atoms with Crippen LogP contribution in [0.1, 0.15) is 31.7 Å². The molecule has 0 spiro atoms. The second kappa shape index (κ2) is 3.97. The molecule has 0 bridgehead atoms. The van der Waals surface area contributed by atoms with E-state index < -0.39 is 0 Å². The Morgan fingerprint density at radius 1 is 1.31 bits per heavy atom. The lowest BCUT2D eigenvalue weighted by Gasteiger charge is -2.28. The Bertz CT molecular complexity index is 396. The molecule has 2 heterocycles. The summed E-state index contributed by atoms with van der Waals surface area (Å²) in [6.45, 7) is 8.81. The van der Waals surface area contributed by atoms with E-state index in [1.807, 2.05) is 13.8 Å². The Hall–Kier alpha value is -1.23. The Kier molecular flexibility index (Phi) is 2.80. The summed E-state index contributed by atoms with van der Waals surface area (Å²) in [5.41, 5.74) is 1.68. The minimum atomic E-state index is -0.0939. The summed E-state index contributed by atoms with van der Waals surface area (Å²) >= 11 is 0. The average Bonchev–Trinajstić information content (AvgIpc) is 2.53. The molecule has 0 aromatic carbocycles. The molecule has 2 unspecified atom stereocenters. The van der Waals surface area contributed by atoms with Gasteiger partial charge in [0.2, 0.25) is 5.95 Å². The predicted molar refractivity (Wildman–Crippen MR) is 61.4 cm³/mol. The molecule has 1 aliphatic rings. The zero-order valence-electron chi connectivity index (χ0n) is 10.2. The molecule has 88 valence electrons. The topological polar surface area (TPSA) is 59.9 Å². The number of aryl methyl sites for hydroxylation is 2. The van der Waals surface area contributed by atoms with Gasteiger partial charge in [-0.2, -0.15) is 5.10 Å². The van der Waals surface area contributed by atoms with Crippen molar-refractivity contribution in [2.75, 3.05) is 11.9 Å². The molecule has 0 saturated carbocycles. The van der Waals surface area contributed by atoms with Gasteiger partial charge in [-0.15, -0.1) is 5.10 Å². The van der Waals surface area contributed by atoms with Gasteiger partial charge in [0.05, 0.1) is 23.0 Å². The lowest BCUT2D eigenvalue weighted by atomic mass is 9.95. The zero-order valence-corrected chi connectivity index (χ0v) is 10.2. The molecule has 1 N–H and O–H groups in total. The smallest absolute Gasteiger partial charge is 0.243 e. The normalized spacial score (nSPS) is 29.4. The molecule has 1 saturated heterocycles. The highest BCUT2D eigenvalue weighted by atomic mass is 16.5. The van der Waals surface area contributed by atoms with Crippen LogP contribution >= 0.6 is 0 Å². The molecule has 5 heteroatoms. The first kappa shape index (κ1) is 11.3. The molecule has 1 aliphatic heterocycles. The number of nitrogens with zero attached hydrogens (tertiary/aromatic N) is 3. The quantitative estimate of drug-likeness (QED) is 0.821. The molecule has 1 aromatic rings. The predicted octanol–water partition coefficient (Wildman–Crippen LogP) is 1.47. The van der Waals surface area contributed by atoms with Crippen molar-refractivity contribution in [3.63, 3.8) is 0 Å². The fourth-order valence-electron chi connectivity index (χ4n) is 1.76.